The number of aromatic hydroxyl groups is 2. The van der Waals surface area contributed by atoms with E-state index in [1.807, 2.05) is 6.26 Å². The van der Waals surface area contributed by atoms with Gasteiger partial charge in [-0.1, -0.05) is 11.2 Å². The Bertz CT molecular complexity index is 559. The van der Waals surface area contributed by atoms with Crippen molar-refractivity contribution in [3.05, 3.63) is 35.5 Å². The Morgan fingerprint density at radius 1 is 1.37 bits per heavy atom. The zero-order valence-corrected chi connectivity index (χ0v) is 11.2. The number of hydrogen-bond acceptors (Lipinski definition) is 7. The minimum Gasteiger partial charge on any atom is -0.504 e. The van der Waals surface area contributed by atoms with Crippen LogP contribution in [0.25, 0.3) is 0 Å². The highest BCUT2D eigenvalue weighted by molar-refractivity contribution is 7.97. The van der Waals surface area contributed by atoms with E-state index in [4.69, 9.17) is 10.3 Å². The smallest absolute Gasteiger partial charge is 0.243 e. The molecule has 0 aliphatic carbocycles. The predicted molar refractivity (Wildman–Crippen MR) is 71.9 cm³/mol. The molecule has 1 aromatic carbocycles. The largest absolute Gasteiger partial charge is 0.504 e. The summed E-state index contributed by atoms with van der Waals surface area (Å²) in [5.41, 5.74) is 6.76. The summed E-state index contributed by atoms with van der Waals surface area (Å²) in [7, 11) is 0. The summed E-state index contributed by atoms with van der Waals surface area (Å²) < 4.78 is 5.09. The van der Waals surface area contributed by atoms with Gasteiger partial charge in [0.2, 0.25) is 5.89 Å². The molecule has 2 rings (SSSR count). The maximum absolute atomic E-state index is 9.41. The third-order valence-electron chi connectivity index (χ3n) is 2.57. The van der Waals surface area contributed by atoms with E-state index in [-0.39, 0.29) is 11.5 Å². The number of phenolic OH excluding ortho intramolecular Hbond substituents is 2. The maximum atomic E-state index is 9.41. The Labute approximate surface area is 114 Å². The molecule has 1 atom stereocenters. The van der Waals surface area contributed by atoms with Crippen molar-refractivity contribution in [3.63, 3.8) is 0 Å². The van der Waals surface area contributed by atoms with Crippen LogP contribution in [0.1, 0.15) is 23.3 Å². The molecule has 19 heavy (non-hydrogen) atoms. The third kappa shape index (κ3) is 3.39. The first kappa shape index (κ1) is 13.7. The van der Waals surface area contributed by atoms with Crippen LogP contribution in [-0.4, -0.2) is 26.6 Å². The van der Waals surface area contributed by atoms with Gasteiger partial charge in [0, 0.05) is 0 Å². The van der Waals surface area contributed by atoms with Crippen molar-refractivity contribution in [2.24, 2.45) is 5.73 Å². The molecule has 102 valence electrons. The Kier molecular flexibility index (Phi) is 4.28. The molecular weight excluding hydrogens is 266 g/mol. The van der Waals surface area contributed by atoms with Gasteiger partial charge < -0.3 is 20.5 Å². The fourth-order valence-electron chi connectivity index (χ4n) is 1.64. The first-order chi connectivity index (χ1) is 9.10. The number of nitrogens with zero attached hydrogens (tertiary/aromatic N) is 2. The molecule has 0 aliphatic heterocycles. The predicted octanol–water partition coefficient (Wildman–Crippen LogP) is 1.59. The summed E-state index contributed by atoms with van der Waals surface area (Å²) in [6.45, 7) is 0. The summed E-state index contributed by atoms with van der Waals surface area (Å²) in [5.74, 6) is 1.34. The Hall–Kier alpha value is -1.73. The van der Waals surface area contributed by atoms with E-state index >= 15 is 0 Å². The molecule has 0 saturated carbocycles. The second kappa shape index (κ2) is 5.94. The molecule has 0 saturated heterocycles. The van der Waals surface area contributed by atoms with Gasteiger partial charge in [-0.2, -0.15) is 16.7 Å². The lowest BCUT2D eigenvalue weighted by molar-refractivity contribution is 0.351. The molecular formula is C12H15N3O3S. The molecule has 0 bridgehead atoms. The van der Waals surface area contributed by atoms with Gasteiger partial charge >= 0.3 is 0 Å². The van der Waals surface area contributed by atoms with E-state index in [9.17, 15) is 10.2 Å². The average Bonchev–Trinajstić information content (AvgIpc) is 2.83. The lowest BCUT2D eigenvalue weighted by Gasteiger charge is -2.07. The lowest BCUT2D eigenvalue weighted by atomic mass is 10.1. The van der Waals surface area contributed by atoms with Gasteiger partial charge in [0.15, 0.2) is 17.3 Å². The molecule has 7 heteroatoms. The highest BCUT2D eigenvalue weighted by atomic mass is 32.2. The summed E-state index contributed by atoms with van der Waals surface area (Å²) in [5, 5.41) is 22.5. The summed E-state index contributed by atoms with van der Waals surface area (Å²) in [6.07, 6.45) is 2.39. The fraction of sp³-hybridized carbons (Fsp3) is 0.333. The van der Waals surface area contributed by atoms with Crippen LogP contribution in [0.2, 0.25) is 0 Å². The molecule has 2 aromatic rings. The van der Waals surface area contributed by atoms with Crippen LogP contribution in [0.5, 0.6) is 11.5 Å². The molecule has 6 nitrogen and oxygen atoms in total. The van der Waals surface area contributed by atoms with Crippen molar-refractivity contribution < 1.29 is 14.7 Å². The number of benzene rings is 1. The Balaban J connectivity index is 2.06. The molecule has 1 aromatic heterocycles. The van der Waals surface area contributed by atoms with Gasteiger partial charge in [-0.15, -0.1) is 0 Å². The van der Waals surface area contributed by atoms with Gasteiger partial charge in [-0.25, -0.2) is 0 Å². The van der Waals surface area contributed by atoms with Gasteiger partial charge in [0.25, 0.3) is 0 Å². The highest BCUT2D eigenvalue weighted by Gasteiger charge is 2.15. The second-order valence-corrected chi connectivity index (χ2v) is 4.98. The summed E-state index contributed by atoms with van der Waals surface area (Å²) in [6, 6.07) is 4.14. The molecule has 0 fully saturated rings. The molecule has 0 aliphatic rings. The zero-order valence-electron chi connectivity index (χ0n) is 10.4. The van der Waals surface area contributed by atoms with E-state index in [2.05, 4.69) is 10.1 Å². The van der Waals surface area contributed by atoms with Gasteiger partial charge in [-0.05, 0) is 30.4 Å². The summed E-state index contributed by atoms with van der Waals surface area (Å²) >= 11 is 1.60. The summed E-state index contributed by atoms with van der Waals surface area (Å²) in [4.78, 5) is 4.20. The fourth-order valence-corrected chi connectivity index (χ4v) is 2.02. The van der Waals surface area contributed by atoms with Crippen molar-refractivity contribution in [2.75, 3.05) is 6.26 Å². The Morgan fingerprint density at radius 3 is 2.84 bits per heavy atom. The van der Waals surface area contributed by atoms with Gasteiger partial charge in [0.1, 0.15) is 0 Å². The van der Waals surface area contributed by atoms with Crippen LogP contribution < -0.4 is 5.73 Å². The van der Waals surface area contributed by atoms with Gasteiger partial charge in [-0.3, -0.25) is 0 Å². The van der Waals surface area contributed by atoms with Crippen LogP contribution in [0, 0.1) is 0 Å². The van der Waals surface area contributed by atoms with E-state index in [0.717, 1.165) is 5.56 Å². The number of thioether (sulfide) groups is 1. The number of nitrogens with two attached hydrogens (primary N) is 1. The Morgan fingerprint density at radius 2 is 2.16 bits per heavy atom. The lowest BCUT2D eigenvalue weighted by Crippen LogP contribution is -2.13. The molecule has 0 spiro atoms. The minimum absolute atomic E-state index is 0.155. The first-order valence-corrected chi connectivity index (χ1v) is 7.07. The number of hydrogen-bond donors (Lipinski definition) is 3. The first-order valence-electron chi connectivity index (χ1n) is 5.68. The van der Waals surface area contributed by atoms with Crippen LogP contribution in [0.3, 0.4) is 0 Å². The number of rotatable bonds is 5. The highest BCUT2D eigenvalue weighted by Crippen LogP contribution is 2.26. The SMILES string of the molecule is CSCc1noc(C(N)Cc2ccc(O)c(O)c2)n1. The zero-order chi connectivity index (χ0) is 13.8. The van der Waals surface area contributed by atoms with Crippen molar-refractivity contribution in [1.82, 2.24) is 10.1 Å². The second-order valence-electron chi connectivity index (χ2n) is 4.12. The molecule has 1 unspecified atom stereocenters. The van der Waals surface area contributed by atoms with E-state index in [0.29, 0.717) is 23.9 Å². The standard InChI is InChI=1S/C12H15N3O3S/c1-19-6-11-14-12(18-15-11)8(13)4-7-2-3-9(16)10(17)5-7/h2-3,5,8,16-17H,4,6,13H2,1H3. The molecule has 1 heterocycles. The van der Waals surface area contributed by atoms with Gasteiger partial charge in [0.05, 0.1) is 11.8 Å². The van der Waals surface area contributed by atoms with Crippen molar-refractivity contribution in [1.29, 1.82) is 0 Å². The van der Waals surface area contributed by atoms with E-state index in [1.165, 1.54) is 12.1 Å². The van der Waals surface area contributed by atoms with Crippen LogP contribution >= 0.6 is 11.8 Å². The third-order valence-corrected chi connectivity index (χ3v) is 3.12. The number of phenols is 2. The van der Waals surface area contributed by atoms with Crippen molar-refractivity contribution in [3.8, 4) is 11.5 Å². The number of aromatic nitrogens is 2. The van der Waals surface area contributed by atoms with Crippen molar-refractivity contribution >= 4 is 11.8 Å². The molecule has 4 N–H and O–H groups in total. The van der Waals surface area contributed by atoms with Crippen molar-refractivity contribution in [2.45, 2.75) is 18.2 Å². The van der Waals surface area contributed by atoms with E-state index in [1.54, 1.807) is 17.8 Å². The maximum Gasteiger partial charge on any atom is 0.243 e. The average molecular weight is 281 g/mol. The van der Waals surface area contributed by atoms with Crippen LogP contribution in [0.4, 0.5) is 0 Å². The normalized spacial score (nSPS) is 12.5. The quantitative estimate of drug-likeness (QED) is 0.714. The van der Waals surface area contributed by atoms with Crippen LogP contribution in [-0.2, 0) is 12.2 Å². The molecule has 0 amide bonds. The molecule has 0 radical (unpaired) electrons. The topological polar surface area (TPSA) is 105 Å². The van der Waals surface area contributed by atoms with Crippen LogP contribution in [0.15, 0.2) is 22.7 Å². The van der Waals surface area contributed by atoms with E-state index < -0.39 is 6.04 Å². The monoisotopic (exact) mass is 281 g/mol. The minimum atomic E-state index is -0.438.